The monoisotopic (exact) mass is 314 g/mol. The second kappa shape index (κ2) is 6.23. The SMILES string of the molecule is Cc1cc(C(=O)N2C[C@@H](CN)[C@H](c3ccccc3)C2)sc1C. The van der Waals surface area contributed by atoms with Crippen molar-refractivity contribution in [1.29, 1.82) is 0 Å². The van der Waals surface area contributed by atoms with Gasteiger partial charge in [-0.2, -0.15) is 0 Å². The standard InChI is InChI=1S/C18H22N2OS/c1-12-8-17(22-13(12)2)18(21)20-10-15(9-19)16(11-20)14-6-4-3-5-7-14/h3-8,15-16H,9-11,19H2,1-2H3/t15-,16+/m1/s1. The molecule has 0 radical (unpaired) electrons. The number of likely N-dealkylation sites (tertiary alicyclic amines) is 1. The van der Waals surface area contributed by atoms with Gasteiger partial charge in [0, 0.05) is 23.9 Å². The molecule has 0 unspecified atom stereocenters. The number of thiophene rings is 1. The number of hydrogen-bond donors (Lipinski definition) is 1. The van der Waals surface area contributed by atoms with Crippen LogP contribution < -0.4 is 5.73 Å². The van der Waals surface area contributed by atoms with Crippen LogP contribution in [0.2, 0.25) is 0 Å². The zero-order valence-electron chi connectivity index (χ0n) is 13.1. The van der Waals surface area contributed by atoms with Crippen LogP contribution in [0.3, 0.4) is 0 Å². The van der Waals surface area contributed by atoms with Crippen LogP contribution in [0.15, 0.2) is 36.4 Å². The molecule has 0 saturated carbocycles. The minimum atomic E-state index is 0.151. The van der Waals surface area contributed by atoms with Crippen molar-refractivity contribution in [3.8, 4) is 0 Å². The Bertz CT molecular complexity index is 645. The van der Waals surface area contributed by atoms with E-state index in [0.717, 1.165) is 18.0 Å². The molecule has 1 aliphatic rings. The molecular formula is C18H22N2OS. The van der Waals surface area contributed by atoms with Crippen molar-refractivity contribution in [3.63, 3.8) is 0 Å². The van der Waals surface area contributed by atoms with E-state index in [9.17, 15) is 4.79 Å². The van der Waals surface area contributed by atoms with E-state index in [1.54, 1.807) is 11.3 Å². The Hall–Kier alpha value is -1.65. The minimum Gasteiger partial charge on any atom is -0.337 e. The summed E-state index contributed by atoms with van der Waals surface area (Å²) in [4.78, 5) is 16.8. The molecule has 1 aromatic heterocycles. The van der Waals surface area contributed by atoms with Crippen molar-refractivity contribution < 1.29 is 4.79 Å². The molecule has 2 aromatic rings. The molecule has 1 aromatic carbocycles. The van der Waals surface area contributed by atoms with Gasteiger partial charge in [0.25, 0.3) is 5.91 Å². The van der Waals surface area contributed by atoms with E-state index in [2.05, 4.69) is 38.1 Å². The van der Waals surface area contributed by atoms with Crippen LogP contribution in [-0.4, -0.2) is 30.4 Å². The highest BCUT2D eigenvalue weighted by Gasteiger charge is 2.35. The molecule has 1 fully saturated rings. The molecule has 1 saturated heterocycles. The summed E-state index contributed by atoms with van der Waals surface area (Å²) in [5.74, 6) is 0.837. The number of aryl methyl sites for hydroxylation is 2. The van der Waals surface area contributed by atoms with Crippen LogP contribution in [0.5, 0.6) is 0 Å². The fraction of sp³-hybridized carbons (Fsp3) is 0.389. The van der Waals surface area contributed by atoms with Gasteiger partial charge in [-0.25, -0.2) is 0 Å². The first-order valence-corrected chi connectivity index (χ1v) is 8.53. The molecule has 2 N–H and O–H groups in total. The fourth-order valence-corrected chi connectivity index (χ4v) is 4.19. The molecule has 1 amide bonds. The highest BCUT2D eigenvalue weighted by molar-refractivity contribution is 7.14. The number of benzene rings is 1. The Morgan fingerprint density at radius 1 is 1.27 bits per heavy atom. The van der Waals surface area contributed by atoms with Gasteiger partial charge in [-0.05, 0) is 43.5 Å². The zero-order valence-corrected chi connectivity index (χ0v) is 13.9. The molecule has 0 bridgehead atoms. The summed E-state index contributed by atoms with van der Waals surface area (Å²) in [6.07, 6.45) is 0. The number of nitrogens with two attached hydrogens (primary N) is 1. The van der Waals surface area contributed by atoms with E-state index in [1.807, 2.05) is 17.0 Å². The Morgan fingerprint density at radius 2 is 2.00 bits per heavy atom. The molecule has 4 heteroatoms. The number of hydrogen-bond acceptors (Lipinski definition) is 3. The highest BCUT2D eigenvalue weighted by Crippen LogP contribution is 2.33. The summed E-state index contributed by atoms with van der Waals surface area (Å²) in [7, 11) is 0. The number of nitrogens with zero attached hydrogens (tertiary/aromatic N) is 1. The molecule has 0 spiro atoms. The second-order valence-corrected chi connectivity index (χ2v) is 7.33. The van der Waals surface area contributed by atoms with Gasteiger partial charge in [0.15, 0.2) is 0 Å². The van der Waals surface area contributed by atoms with E-state index in [1.165, 1.54) is 16.0 Å². The number of carbonyl (C=O) groups excluding carboxylic acids is 1. The largest absolute Gasteiger partial charge is 0.337 e. The first-order chi connectivity index (χ1) is 10.6. The number of carbonyl (C=O) groups is 1. The average Bonchev–Trinajstić information content (AvgIpc) is 3.11. The van der Waals surface area contributed by atoms with E-state index < -0.39 is 0 Å². The first kappa shape index (κ1) is 15.3. The molecule has 0 aliphatic carbocycles. The van der Waals surface area contributed by atoms with Gasteiger partial charge in [0.1, 0.15) is 0 Å². The van der Waals surface area contributed by atoms with Gasteiger partial charge in [-0.3, -0.25) is 4.79 Å². The fourth-order valence-electron chi connectivity index (χ4n) is 3.19. The van der Waals surface area contributed by atoms with Gasteiger partial charge >= 0.3 is 0 Å². The summed E-state index contributed by atoms with van der Waals surface area (Å²) < 4.78 is 0. The van der Waals surface area contributed by atoms with Crippen LogP contribution in [-0.2, 0) is 0 Å². The van der Waals surface area contributed by atoms with E-state index in [4.69, 9.17) is 5.73 Å². The lowest BCUT2D eigenvalue weighted by molar-refractivity contribution is 0.0791. The third kappa shape index (κ3) is 2.81. The summed E-state index contributed by atoms with van der Waals surface area (Å²) in [6.45, 7) is 6.26. The van der Waals surface area contributed by atoms with E-state index in [0.29, 0.717) is 18.4 Å². The number of rotatable bonds is 3. The molecule has 1 aliphatic heterocycles. The minimum absolute atomic E-state index is 0.151. The van der Waals surface area contributed by atoms with Gasteiger partial charge < -0.3 is 10.6 Å². The molecule has 3 nitrogen and oxygen atoms in total. The Balaban J connectivity index is 1.80. The Kier molecular flexibility index (Phi) is 4.32. The van der Waals surface area contributed by atoms with Crippen molar-refractivity contribution in [1.82, 2.24) is 4.90 Å². The van der Waals surface area contributed by atoms with Gasteiger partial charge in [0.2, 0.25) is 0 Å². The predicted molar refractivity (Wildman–Crippen MR) is 91.4 cm³/mol. The maximum atomic E-state index is 12.7. The quantitative estimate of drug-likeness (QED) is 0.946. The van der Waals surface area contributed by atoms with Crippen molar-refractivity contribution in [3.05, 3.63) is 57.3 Å². The van der Waals surface area contributed by atoms with Crippen LogP contribution >= 0.6 is 11.3 Å². The third-order valence-electron chi connectivity index (χ3n) is 4.64. The molecule has 22 heavy (non-hydrogen) atoms. The smallest absolute Gasteiger partial charge is 0.263 e. The van der Waals surface area contributed by atoms with Crippen LogP contribution in [0.1, 0.15) is 31.6 Å². The third-order valence-corrected chi connectivity index (χ3v) is 5.78. The lowest BCUT2D eigenvalue weighted by atomic mass is 9.89. The van der Waals surface area contributed by atoms with Crippen molar-refractivity contribution in [2.75, 3.05) is 19.6 Å². The molecule has 3 rings (SSSR count). The Labute approximate surface area is 135 Å². The highest BCUT2D eigenvalue weighted by atomic mass is 32.1. The van der Waals surface area contributed by atoms with Crippen LogP contribution in [0.25, 0.3) is 0 Å². The first-order valence-electron chi connectivity index (χ1n) is 7.71. The summed E-state index contributed by atoms with van der Waals surface area (Å²) >= 11 is 1.59. The Morgan fingerprint density at radius 3 is 2.59 bits per heavy atom. The molecular weight excluding hydrogens is 292 g/mol. The van der Waals surface area contributed by atoms with E-state index >= 15 is 0 Å². The van der Waals surface area contributed by atoms with Gasteiger partial charge in [-0.15, -0.1) is 11.3 Å². The van der Waals surface area contributed by atoms with E-state index in [-0.39, 0.29) is 5.91 Å². The maximum absolute atomic E-state index is 12.7. The van der Waals surface area contributed by atoms with Gasteiger partial charge in [0.05, 0.1) is 4.88 Å². The van der Waals surface area contributed by atoms with Crippen molar-refractivity contribution in [2.45, 2.75) is 19.8 Å². The normalized spacial score (nSPS) is 21.3. The lowest BCUT2D eigenvalue weighted by Gasteiger charge is -2.16. The summed E-state index contributed by atoms with van der Waals surface area (Å²) in [5.41, 5.74) is 8.44. The van der Waals surface area contributed by atoms with Crippen LogP contribution in [0, 0.1) is 19.8 Å². The topological polar surface area (TPSA) is 46.3 Å². The number of amides is 1. The predicted octanol–water partition coefficient (Wildman–Crippen LogP) is 3.18. The van der Waals surface area contributed by atoms with Crippen molar-refractivity contribution in [2.24, 2.45) is 11.7 Å². The van der Waals surface area contributed by atoms with Crippen LogP contribution in [0.4, 0.5) is 0 Å². The summed E-state index contributed by atoms with van der Waals surface area (Å²) in [5, 5.41) is 0. The zero-order chi connectivity index (χ0) is 15.7. The average molecular weight is 314 g/mol. The maximum Gasteiger partial charge on any atom is 0.263 e. The second-order valence-electron chi connectivity index (χ2n) is 6.07. The van der Waals surface area contributed by atoms with Crippen molar-refractivity contribution >= 4 is 17.2 Å². The lowest BCUT2D eigenvalue weighted by Crippen LogP contribution is -2.29. The van der Waals surface area contributed by atoms with Gasteiger partial charge in [-0.1, -0.05) is 30.3 Å². The molecule has 116 valence electrons. The molecule has 2 heterocycles. The summed E-state index contributed by atoms with van der Waals surface area (Å²) in [6, 6.07) is 12.4. The molecule has 2 atom stereocenters.